The highest BCUT2D eigenvalue weighted by Crippen LogP contribution is 2.48. The number of imidazole rings is 1. The minimum atomic E-state index is -4.64. The van der Waals surface area contributed by atoms with E-state index in [1.165, 1.54) is 23.5 Å². The molecular formula is C64H54Cl5F3N8O6. The van der Waals surface area contributed by atoms with Crippen LogP contribution in [0.15, 0.2) is 171 Å². The Labute approximate surface area is 518 Å². The molecule has 0 radical (unpaired) electrons. The first-order valence-electron chi connectivity index (χ1n) is 26.8. The maximum atomic E-state index is 13.5. The zero-order valence-corrected chi connectivity index (χ0v) is 50.6. The van der Waals surface area contributed by atoms with Crippen LogP contribution in [0.3, 0.4) is 0 Å². The van der Waals surface area contributed by atoms with E-state index >= 15 is 0 Å². The number of hydrogen-bond acceptors (Lipinski definition) is 12. The Kier molecular flexibility index (Phi) is 17.6. The topological polar surface area (TPSA) is 161 Å². The Morgan fingerprint density at radius 1 is 0.674 bits per heavy atom. The zero-order chi connectivity index (χ0) is 61.5. The number of pyridine rings is 4. The van der Waals surface area contributed by atoms with E-state index in [4.69, 9.17) is 77.2 Å². The minimum Gasteiger partial charge on any atom is -0.452 e. The second-order valence-electron chi connectivity index (χ2n) is 21.5. The number of halogens is 8. The van der Waals surface area contributed by atoms with Crippen LogP contribution in [0.5, 0.6) is 11.5 Å². The van der Waals surface area contributed by atoms with Crippen molar-refractivity contribution in [2.24, 2.45) is 7.05 Å². The molecule has 0 spiro atoms. The molecule has 2 N–H and O–H groups in total. The van der Waals surface area contributed by atoms with Crippen LogP contribution in [-0.2, 0) is 33.9 Å². The number of aliphatic hydroxyl groups is 2. The number of ether oxygens (including phenoxy) is 3. The number of aromatic nitrogens is 6. The van der Waals surface area contributed by atoms with E-state index in [1.807, 2.05) is 24.8 Å². The fraction of sp³-hybridized carbons (Fsp3) is 0.219. The fourth-order valence-corrected chi connectivity index (χ4v) is 11.2. The minimum absolute atomic E-state index is 0.0160. The maximum absolute atomic E-state index is 13.5. The van der Waals surface area contributed by atoms with Gasteiger partial charge in [-0.2, -0.15) is 13.2 Å². The van der Waals surface area contributed by atoms with Gasteiger partial charge in [0.1, 0.15) is 28.3 Å². The number of fused-ring (bicyclic) bond motifs is 2. The lowest BCUT2D eigenvalue weighted by Gasteiger charge is -2.41. The van der Waals surface area contributed by atoms with Crippen LogP contribution in [0.4, 0.5) is 35.2 Å². The van der Waals surface area contributed by atoms with Crippen LogP contribution in [-0.4, -0.2) is 76.7 Å². The molecule has 2 atom stereocenters. The van der Waals surface area contributed by atoms with Gasteiger partial charge in [-0.3, -0.25) is 9.97 Å². The molecule has 0 aliphatic carbocycles. The van der Waals surface area contributed by atoms with Crippen LogP contribution in [0.25, 0.3) is 21.8 Å². The Morgan fingerprint density at radius 3 is 1.90 bits per heavy atom. The molecule has 1 aliphatic rings. The van der Waals surface area contributed by atoms with Gasteiger partial charge in [0.25, 0.3) is 0 Å². The molecule has 5 aromatic carbocycles. The van der Waals surface area contributed by atoms with Gasteiger partial charge >= 0.3 is 12.3 Å². The second-order valence-corrected chi connectivity index (χ2v) is 23.5. The number of carbonyl (C=O) groups excluding carboxylic acids is 1. The normalized spacial score (nSPS) is 14.3. The molecule has 0 bridgehead atoms. The first kappa shape index (κ1) is 61.5. The molecule has 1 aliphatic heterocycles. The molecule has 0 saturated carbocycles. The third kappa shape index (κ3) is 12.6. The van der Waals surface area contributed by atoms with Crippen molar-refractivity contribution in [1.82, 2.24) is 29.5 Å². The van der Waals surface area contributed by atoms with E-state index in [0.717, 1.165) is 12.3 Å². The largest absolute Gasteiger partial charge is 0.452 e. The van der Waals surface area contributed by atoms with Gasteiger partial charge in [-0.25, -0.2) is 24.6 Å². The summed E-state index contributed by atoms with van der Waals surface area (Å²) in [5.74, 6) is 1.30. The summed E-state index contributed by atoms with van der Waals surface area (Å²) in [7, 11) is 1.67. The summed E-state index contributed by atoms with van der Waals surface area (Å²) in [6.45, 7) is 10.5. The van der Waals surface area contributed by atoms with Gasteiger partial charge in [0, 0.05) is 70.7 Å². The molecule has 10 aromatic rings. The van der Waals surface area contributed by atoms with Crippen molar-refractivity contribution in [1.29, 1.82) is 0 Å². The van der Waals surface area contributed by atoms with Crippen LogP contribution in [0, 0.1) is 0 Å². The molecule has 11 rings (SSSR count). The number of nitrogens with zero attached hydrogens (tertiary/aromatic N) is 8. The predicted molar refractivity (Wildman–Crippen MR) is 329 cm³/mol. The Balaban J connectivity index is 0.000000192. The molecule has 1 amide bonds. The van der Waals surface area contributed by atoms with E-state index in [9.17, 15) is 28.2 Å². The van der Waals surface area contributed by atoms with Crippen LogP contribution in [0.2, 0.25) is 25.2 Å². The monoisotopic (exact) mass is 1260 g/mol. The fourth-order valence-electron chi connectivity index (χ4n) is 9.97. The van der Waals surface area contributed by atoms with Crippen molar-refractivity contribution in [3.05, 3.63) is 235 Å². The Bertz CT molecular complexity index is 4100. The molecule has 2 unspecified atom stereocenters. The summed E-state index contributed by atoms with van der Waals surface area (Å²) >= 11 is 33.2. The molecule has 6 heterocycles. The van der Waals surface area contributed by atoms with Gasteiger partial charge in [-0.1, -0.05) is 113 Å². The number of anilines is 3. The summed E-state index contributed by atoms with van der Waals surface area (Å²) in [4.78, 5) is 38.3. The number of hydrogen-bond donors (Lipinski definition) is 2. The third-order valence-electron chi connectivity index (χ3n) is 14.0. The lowest BCUT2D eigenvalue weighted by atomic mass is 9.80. The molecule has 1 fully saturated rings. The SMILES string of the molecule is CC(C)(C)OC(=O)N(c1ccccc1)c1c(Cl)nc2ccc(C(O)(c3cccnc3)c3cccc(Cl)c3)cc2c1Cl.CC(C)OC1CN(c2nc3ccc(C(O)(c4ccc(C(F)(F)F)nc4)c4cncn4C)cc3c(Cl)c2Oc2ccc(Cl)cc2)C1. The number of amides is 1. The lowest BCUT2D eigenvalue weighted by molar-refractivity contribution is -0.141. The van der Waals surface area contributed by atoms with E-state index < -0.39 is 34.8 Å². The van der Waals surface area contributed by atoms with Crippen molar-refractivity contribution in [3.8, 4) is 11.5 Å². The second kappa shape index (κ2) is 24.7. The summed E-state index contributed by atoms with van der Waals surface area (Å²) in [6.07, 6.45) is 1.96. The number of alkyl halides is 3. The summed E-state index contributed by atoms with van der Waals surface area (Å²) in [5, 5.41) is 27.1. The van der Waals surface area contributed by atoms with Gasteiger partial charge in [0.05, 0.1) is 57.2 Å². The first-order chi connectivity index (χ1) is 40.8. The highest BCUT2D eigenvalue weighted by atomic mass is 35.5. The molecular weight excluding hydrogens is 1210 g/mol. The van der Waals surface area contributed by atoms with Gasteiger partial charge in [0.2, 0.25) is 0 Å². The van der Waals surface area contributed by atoms with Crippen molar-refractivity contribution < 1.29 is 42.4 Å². The number of aryl methyl sites for hydroxylation is 1. The highest BCUT2D eigenvalue weighted by Gasteiger charge is 2.41. The predicted octanol–water partition coefficient (Wildman–Crippen LogP) is 16.3. The van der Waals surface area contributed by atoms with Crippen molar-refractivity contribution in [2.75, 3.05) is 22.9 Å². The highest BCUT2D eigenvalue weighted by molar-refractivity contribution is 6.43. The van der Waals surface area contributed by atoms with Gasteiger partial charge in [-0.05, 0) is 136 Å². The molecule has 5 aromatic heterocycles. The summed E-state index contributed by atoms with van der Waals surface area (Å²) in [6, 6.07) is 38.5. The van der Waals surface area contributed by atoms with Crippen molar-refractivity contribution in [2.45, 2.75) is 69.8 Å². The van der Waals surface area contributed by atoms with Crippen LogP contribution >= 0.6 is 58.0 Å². The zero-order valence-electron chi connectivity index (χ0n) is 46.9. The van der Waals surface area contributed by atoms with E-state index in [1.54, 1.807) is 166 Å². The lowest BCUT2D eigenvalue weighted by Crippen LogP contribution is -2.53. The third-order valence-corrected chi connectivity index (χ3v) is 15.5. The standard InChI is InChI=1S/C32H26Cl3N3O3.C32H28Cl2F3N5O3/c1-31(2,3)41-30(39)38(24-12-5-4-6-13-24)28-27(34)25-18-21(14-15-26(25)37-29(28)35)32(40,22-10-8-16-36-19-22)20-9-7-11-23(33)17-20;1-18(2)44-23-15-42(16-23)30-29(45-22-8-6-21(33)7-9-22)28(34)24-12-19(4-10-25(24)40-30)31(43,27-14-38-17-41(27)3)20-5-11-26(39-13-20)32(35,36)37/h4-19,40H,1-3H3;4-14,17-18,23,43H,15-16H2,1-3H3. The van der Waals surface area contributed by atoms with Gasteiger partial charge < -0.3 is 33.9 Å². The van der Waals surface area contributed by atoms with Crippen molar-refractivity contribution in [3.63, 3.8) is 0 Å². The van der Waals surface area contributed by atoms with E-state index in [-0.39, 0.29) is 38.7 Å². The quantitative estimate of drug-likeness (QED) is 0.105. The Hall–Kier alpha value is -7.58. The molecule has 1 saturated heterocycles. The number of benzene rings is 5. The molecule has 442 valence electrons. The molecule has 14 nitrogen and oxygen atoms in total. The van der Waals surface area contributed by atoms with Crippen LogP contribution in [0.1, 0.15) is 73.8 Å². The maximum Gasteiger partial charge on any atom is 0.433 e. The van der Waals surface area contributed by atoms with Gasteiger partial charge in [0.15, 0.2) is 22.3 Å². The van der Waals surface area contributed by atoms with Crippen molar-refractivity contribution >= 4 is 103 Å². The number of carbonyl (C=O) groups is 1. The van der Waals surface area contributed by atoms with Crippen LogP contribution < -0.4 is 14.5 Å². The molecule has 86 heavy (non-hydrogen) atoms. The molecule has 22 heteroatoms. The van der Waals surface area contributed by atoms with E-state index in [0.29, 0.717) is 95.9 Å². The Morgan fingerprint density at radius 2 is 1.30 bits per heavy atom. The van der Waals surface area contributed by atoms with E-state index in [2.05, 4.69) is 19.9 Å². The smallest absolute Gasteiger partial charge is 0.433 e. The average molecular weight is 1270 g/mol. The summed E-state index contributed by atoms with van der Waals surface area (Å²) < 4.78 is 59.5. The number of para-hydroxylation sites is 1. The van der Waals surface area contributed by atoms with Gasteiger partial charge in [-0.15, -0.1) is 0 Å². The summed E-state index contributed by atoms with van der Waals surface area (Å²) in [5.41, 5.74) is -1.52. The number of rotatable bonds is 13. The first-order valence-corrected chi connectivity index (χ1v) is 28.7. The average Bonchev–Trinajstić information content (AvgIpc) is 1.03.